The molecule has 0 amide bonds. The maximum Gasteiger partial charge on any atom is 0.0991 e. The minimum atomic E-state index is 0.651. The number of hydrogen-bond donors (Lipinski definition) is 0. The smallest absolute Gasteiger partial charge is 0.0991 e. The van der Waals surface area contributed by atoms with Gasteiger partial charge in [-0.3, -0.25) is 15.0 Å². The Labute approximate surface area is 352 Å². The lowest BCUT2D eigenvalue weighted by molar-refractivity contribution is 0.931. The Morgan fingerprint density at radius 1 is 0.317 bits per heavy atom. The van der Waals surface area contributed by atoms with Crippen molar-refractivity contribution >= 4 is 0 Å². The summed E-state index contributed by atoms with van der Waals surface area (Å²) in [6.45, 7) is 0. The summed E-state index contributed by atoms with van der Waals surface area (Å²) in [5, 5.41) is 9.23. The molecule has 0 atom stereocenters. The molecule has 0 fully saturated rings. The van der Waals surface area contributed by atoms with E-state index in [0.29, 0.717) is 5.56 Å². The number of nitriles is 1. The Kier molecular flexibility index (Phi) is 11.2. The first kappa shape index (κ1) is 37.8. The van der Waals surface area contributed by atoms with Crippen molar-refractivity contribution in [1.29, 1.82) is 5.26 Å². The van der Waals surface area contributed by atoms with Crippen molar-refractivity contribution in [3.63, 3.8) is 0 Å². The number of pyridine rings is 3. The molecule has 0 unspecified atom stereocenters. The van der Waals surface area contributed by atoms with E-state index in [1.54, 1.807) is 0 Å². The second kappa shape index (κ2) is 17.8. The van der Waals surface area contributed by atoms with Gasteiger partial charge in [0.05, 0.1) is 28.7 Å². The molecular weight excluding hydrogens is 729 g/mol. The van der Waals surface area contributed by atoms with Crippen LogP contribution >= 0.6 is 0 Å². The second-order valence-electron chi connectivity index (χ2n) is 15.1. The van der Waals surface area contributed by atoms with Crippen LogP contribution in [0.15, 0.2) is 207 Å². The van der Waals surface area contributed by atoms with Crippen LogP contribution in [0.1, 0.15) is 27.8 Å². The third-order valence-electron chi connectivity index (χ3n) is 11.1. The lowest BCUT2D eigenvalue weighted by atomic mass is 9.90. The molecular formula is C56H42N4. The molecule has 6 aromatic carbocycles. The molecule has 0 saturated heterocycles. The van der Waals surface area contributed by atoms with Crippen LogP contribution in [0.4, 0.5) is 0 Å². The van der Waals surface area contributed by atoms with Crippen LogP contribution < -0.4 is 0 Å². The highest BCUT2D eigenvalue weighted by Crippen LogP contribution is 2.35. The molecule has 9 rings (SSSR count). The minimum absolute atomic E-state index is 0.651. The summed E-state index contributed by atoms with van der Waals surface area (Å²) in [5.41, 5.74) is 19.1. The van der Waals surface area contributed by atoms with Gasteiger partial charge in [0.2, 0.25) is 0 Å². The standard InChI is InChI=1S/C56H42N4/c57-39-42-19-21-45(22-20-42)50-31-34-60-56(38-50)49-29-27-46(28-30-49)52-7-1-2-8-53(52)51-36-43(13-11-40-15-23-47(24-16-40)54-9-3-5-32-58-54)35-44(37-51)14-12-41-17-25-48(26-18-41)55-10-4-6-33-59-55/h1-10,15-38H,11-14H2. The van der Waals surface area contributed by atoms with Crippen LogP contribution in [-0.2, 0) is 25.7 Å². The fourth-order valence-corrected chi connectivity index (χ4v) is 7.85. The number of rotatable bonds is 12. The van der Waals surface area contributed by atoms with E-state index in [0.717, 1.165) is 76.1 Å². The van der Waals surface area contributed by atoms with Gasteiger partial charge < -0.3 is 0 Å². The molecule has 286 valence electrons. The van der Waals surface area contributed by atoms with E-state index in [1.807, 2.05) is 73.2 Å². The highest BCUT2D eigenvalue weighted by atomic mass is 14.7. The van der Waals surface area contributed by atoms with Gasteiger partial charge >= 0.3 is 0 Å². The molecule has 0 saturated carbocycles. The number of aromatic nitrogens is 3. The third-order valence-corrected chi connectivity index (χ3v) is 11.1. The van der Waals surface area contributed by atoms with E-state index >= 15 is 0 Å². The van der Waals surface area contributed by atoms with Crippen molar-refractivity contribution < 1.29 is 0 Å². The molecule has 4 heteroatoms. The first-order chi connectivity index (χ1) is 29.6. The SMILES string of the molecule is N#Cc1ccc(-c2ccnc(-c3ccc(-c4ccccc4-c4cc(CCc5ccc(-c6ccccn6)cc5)cc(CCc5ccc(-c6ccccn6)cc5)c4)cc3)c2)cc1. The molecule has 0 bridgehead atoms. The third kappa shape index (κ3) is 8.87. The first-order valence-electron chi connectivity index (χ1n) is 20.5. The minimum Gasteiger partial charge on any atom is -0.256 e. The number of aryl methyl sites for hydroxylation is 4. The second-order valence-corrected chi connectivity index (χ2v) is 15.1. The number of hydrogen-bond acceptors (Lipinski definition) is 4. The average molecular weight is 771 g/mol. The molecule has 0 radical (unpaired) electrons. The van der Waals surface area contributed by atoms with Gasteiger partial charge in [0.1, 0.15) is 0 Å². The molecule has 0 aliphatic rings. The highest BCUT2D eigenvalue weighted by Gasteiger charge is 2.12. The van der Waals surface area contributed by atoms with E-state index < -0.39 is 0 Å². The largest absolute Gasteiger partial charge is 0.256 e. The van der Waals surface area contributed by atoms with Crippen LogP contribution in [-0.4, -0.2) is 15.0 Å². The summed E-state index contributed by atoms with van der Waals surface area (Å²) in [5.74, 6) is 0. The number of benzene rings is 6. The van der Waals surface area contributed by atoms with Gasteiger partial charge in [-0.05, 0) is 130 Å². The lowest BCUT2D eigenvalue weighted by Gasteiger charge is -2.15. The predicted octanol–water partition coefficient (Wildman–Crippen LogP) is 13.3. The predicted molar refractivity (Wildman–Crippen MR) is 245 cm³/mol. The fraction of sp³-hybridized carbons (Fsp3) is 0.0714. The summed E-state index contributed by atoms with van der Waals surface area (Å²) < 4.78 is 0. The fourth-order valence-electron chi connectivity index (χ4n) is 7.85. The van der Waals surface area contributed by atoms with Gasteiger partial charge in [0.25, 0.3) is 0 Å². The summed E-state index contributed by atoms with van der Waals surface area (Å²) in [7, 11) is 0. The van der Waals surface area contributed by atoms with Crippen molar-refractivity contribution in [3.8, 4) is 73.2 Å². The molecule has 0 aliphatic carbocycles. The highest BCUT2D eigenvalue weighted by molar-refractivity contribution is 5.85. The molecule has 3 aromatic heterocycles. The maximum atomic E-state index is 9.23. The zero-order chi connectivity index (χ0) is 40.5. The topological polar surface area (TPSA) is 62.5 Å². The Morgan fingerprint density at radius 3 is 1.30 bits per heavy atom. The first-order valence-corrected chi connectivity index (χ1v) is 20.5. The van der Waals surface area contributed by atoms with Crippen molar-refractivity contribution in [2.24, 2.45) is 0 Å². The molecule has 3 heterocycles. The van der Waals surface area contributed by atoms with E-state index in [9.17, 15) is 5.26 Å². The zero-order valence-corrected chi connectivity index (χ0v) is 33.2. The summed E-state index contributed by atoms with van der Waals surface area (Å²) in [6.07, 6.45) is 9.31. The molecule has 9 aromatic rings. The Morgan fingerprint density at radius 2 is 0.767 bits per heavy atom. The van der Waals surface area contributed by atoms with E-state index in [-0.39, 0.29) is 0 Å². The van der Waals surface area contributed by atoms with Crippen LogP contribution in [0.3, 0.4) is 0 Å². The van der Waals surface area contributed by atoms with Crippen LogP contribution in [0, 0.1) is 11.3 Å². The summed E-state index contributed by atoms with van der Waals surface area (Å²) in [4.78, 5) is 13.8. The van der Waals surface area contributed by atoms with Crippen molar-refractivity contribution in [2.75, 3.05) is 0 Å². The molecule has 0 N–H and O–H groups in total. The van der Waals surface area contributed by atoms with E-state index in [2.05, 4.69) is 149 Å². The Hall–Kier alpha value is -7.74. The van der Waals surface area contributed by atoms with E-state index in [4.69, 9.17) is 4.98 Å². The van der Waals surface area contributed by atoms with Gasteiger partial charge in [0.15, 0.2) is 0 Å². The van der Waals surface area contributed by atoms with Gasteiger partial charge in [-0.2, -0.15) is 5.26 Å². The van der Waals surface area contributed by atoms with Crippen molar-refractivity contribution in [2.45, 2.75) is 25.7 Å². The quantitative estimate of drug-likeness (QED) is 0.124. The van der Waals surface area contributed by atoms with Crippen molar-refractivity contribution in [3.05, 3.63) is 234 Å². The van der Waals surface area contributed by atoms with Gasteiger partial charge in [-0.15, -0.1) is 0 Å². The normalized spacial score (nSPS) is 10.9. The average Bonchev–Trinajstić information content (AvgIpc) is 3.33. The molecule has 4 nitrogen and oxygen atoms in total. The van der Waals surface area contributed by atoms with Crippen LogP contribution in [0.25, 0.3) is 67.2 Å². The van der Waals surface area contributed by atoms with Crippen LogP contribution in [0.5, 0.6) is 0 Å². The molecule has 0 aliphatic heterocycles. The summed E-state index contributed by atoms with van der Waals surface area (Å²) >= 11 is 0. The zero-order valence-electron chi connectivity index (χ0n) is 33.2. The lowest BCUT2D eigenvalue weighted by Crippen LogP contribution is -1.98. The monoisotopic (exact) mass is 770 g/mol. The van der Waals surface area contributed by atoms with Gasteiger partial charge in [0, 0.05) is 35.3 Å². The maximum absolute atomic E-state index is 9.23. The Bertz CT molecular complexity index is 2770. The van der Waals surface area contributed by atoms with Gasteiger partial charge in [-0.25, -0.2) is 0 Å². The molecule has 60 heavy (non-hydrogen) atoms. The summed E-state index contributed by atoms with van der Waals surface area (Å²) in [6, 6.07) is 68.4. The Balaban J connectivity index is 0.989. The van der Waals surface area contributed by atoms with Crippen molar-refractivity contribution in [1.82, 2.24) is 15.0 Å². The molecule has 0 spiro atoms. The van der Waals surface area contributed by atoms with E-state index in [1.165, 1.54) is 38.9 Å². The van der Waals surface area contributed by atoms with Crippen LogP contribution in [0.2, 0.25) is 0 Å². The van der Waals surface area contributed by atoms with Gasteiger partial charge in [-0.1, -0.05) is 140 Å². The number of nitrogens with zero attached hydrogens (tertiary/aromatic N) is 4.